The Kier molecular flexibility index (Phi) is 6.06. The molecular formula is C24H25N3O5S. The first-order valence-electron chi connectivity index (χ1n) is 10.9. The van der Waals surface area contributed by atoms with Crippen LogP contribution >= 0.6 is 12.2 Å². The fourth-order valence-corrected chi connectivity index (χ4v) is 4.35. The number of rotatable bonds is 6. The van der Waals surface area contributed by atoms with Crippen molar-refractivity contribution in [2.24, 2.45) is 0 Å². The van der Waals surface area contributed by atoms with Gasteiger partial charge in [0.2, 0.25) is 6.79 Å². The lowest BCUT2D eigenvalue weighted by molar-refractivity contribution is 0.0904. The molecule has 0 radical (unpaired) electrons. The van der Waals surface area contributed by atoms with Gasteiger partial charge in [0.1, 0.15) is 5.75 Å². The summed E-state index contributed by atoms with van der Waals surface area (Å²) in [7, 11) is 1.63. The van der Waals surface area contributed by atoms with Gasteiger partial charge < -0.3 is 34.1 Å². The van der Waals surface area contributed by atoms with Crippen LogP contribution in [0, 0.1) is 0 Å². The van der Waals surface area contributed by atoms with E-state index in [1.54, 1.807) is 13.2 Å². The zero-order chi connectivity index (χ0) is 22.8. The van der Waals surface area contributed by atoms with Crippen molar-refractivity contribution in [1.82, 2.24) is 9.88 Å². The summed E-state index contributed by atoms with van der Waals surface area (Å²) >= 11 is 5.74. The van der Waals surface area contributed by atoms with Crippen LogP contribution in [0.15, 0.2) is 47.3 Å². The maximum atomic E-state index is 12.9. The number of aromatic nitrogens is 1. The van der Waals surface area contributed by atoms with Gasteiger partial charge in [0.25, 0.3) is 5.56 Å². The third-order valence-electron chi connectivity index (χ3n) is 5.85. The monoisotopic (exact) mass is 467 g/mol. The highest BCUT2D eigenvalue weighted by molar-refractivity contribution is 7.80. The minimum atomic E-state index is -0.161. The van der Waals surface area contributed by atoms with Gasteiger partial charge in [0.15, 0.2) is 16.6 Å². The number of methoxy groups -OCH3 is 1. The third kappa shape index (κ3) is 4.74. The molecule has 1 saturated heterocycles. The van der Waals surface area contributed by atoms with Crippen molar-refractivity contribution in [1.29, 1.82) is 0 Å². The van der Waals surface area contributed by atoms with Crippen molar-refractivity contribution in [3.05, 3.63) is 58.4 Å². The van der Waals surface area contributed by atoms with E-state index in [2.05, 4.69) is 10.3 Å². The third-order valence-corrected chi connectivity index (χ3v) is 6.21. The van der Waals surface area contributed by atoms with Gasteiger partial charge >= 0.3 is 0 Å². The van der Waals surface area contributed by atoms with Gasteiger partial charge in [-0.25, -0.2) is 0 Å². The predicted molar refractivity (Wildman–Crippen MR) is 129 cm³/mol. The van der Waals surface area contributed by atoms with Crippen LogP contribution in [-0.2, 0) is 11.3 Å². The van der Waals surface area contributed by atoms with Crippen LogP contribution in [-0.4, -0.2) is 48.2 Å². The highest BCUT2D eigenvalue weighted by Crippen LogP contribution is 2.35. The number of anilines is 1. The summed E-state index contributed by atoms with van der Waals surface area (Å²) < 4.78 is 22.0. The van der Waals surface area contributed by atoms with E-state index in [0.29, 0.717) is 40.8 Å². The van der Waals surface area contributed by atoms with Gasteiger partial charge in [0, 0.05) is 35.9 Å². The molecule has 9 heteroatoms. The van der Waals surface area contributed by atoms with Crippen LogP contribution in [0.2, 0.25) is 0 Å². The van der Waals surface area contributed by atoms with Crippen LogP contribution in [0.5, 0.6) is 17.2 Å². The molecule has 1 aromatic heterocycles. The molecule has 0 aliphatic carbocycles. The standard InChI is InChI=1S/C24H25N3O5S/c1-29-18-6-4-17(5-7-18)25-24(33)27(13-19-3-2-8-30-19)12-16-9-15-10-21-22(32-14-31-21)11-20(15)26-23(16)28/h4-7,9-11,19H,2-3,8,12-14H2,1H3,(H,25,33)(H,26,28)/t19-/m0/s1. The fourth-order valence-electron chi connectivity index (χ4n) is 4.09. The minimum Gasteiger partial charge on any atom is -0.497 e. The number of nitrogens with zero attached hydrogens (tertiary/aromatic N) is 1. The molecule has 2 N–H and O–H groups in total. The van der Waals surface area contributed by atoms with Crippen molar-refractivity contribution in [3.63, 3.8) is 0 Å². The summed E-state index contributed by atoms with van der Waals surface area (Å²) in [6.45, 7) is 1.88. The van der Waals surface area contributed by atoms with E-state index in [1.165, 1.54) is 0 Å². The Hall–Kier alpha value is -3.30. The normalized spacial score (nSPS) is 16.7. The summed E-state index contributed by atoms with van der Waals surface area (Å²) in [5.74, 6) is 2.08. The van der Waals surface area contributed by atoms with Crippen molar-refractivity contribution >= 4 is 33.9 Å². The fraction of sp³-hybridized carbons (Fsp3) is 0.333. The minimum absolute atomic E-state index is 0.0778. The molecule has 1 fully saturated rings. The smallest absolute Gasteiger partial charge is 0.253 e. The first kappa shape index (κ1) is 21.5. The van der Waals surface area contributed by atoms with Crippen LogP contribution < -0.4 is 25.1 Å². The number of benzene rings is 2. The number of pyridine rings is 1. The molecule has 33 heavy (non-hydrogen) atoms. The average Bonchev–Trinajstić information content (AvgIpc) is 3.50. The first-order chi connectivity index (χ1) is 16.1. The number of hydrogen-bond acceptors (Lipinski definition) is 6. The number of hydrogen-bond donors (Lipinski definition) is 2. The van der Waals surface area contributed by atoms with Gasteiger partial charge in [-0.3, -0.25) is 4.79 Å². The largest absolute Gasteiger partial charge is 0.497 e. The Labute approximate surface area is 196 Å². The Morgan fingerprint density at radius 1 is 1.21 bits per heavy atom. The number of ether oxygens (including phenoxy) is 4. The Morgan fingerprint density at radius 3 is 2.73 bits per heavy atom. The van der Waals surface area contributed by atoms with Crippen molar-refractivity contribution in [3.8, 4) is 17.2 Å². The Morgan fingerprint density at radius 2 is 2.00 bits per heavy atom. The summed E-state index contributed by atoms with van der Waals surface area (Å²) in [4.78, 5) is 17.8. The van der Waals surface area contributed by atoms with Crippen LogP contribution in [0.4, 0.5) is 5.69 Å². The van der Waals surface area contributed by atoms with E-state index in [0.717, 1.165) is 36.3 Å². The molecule has 8 nitrogen and oxygen atoms in total. The first-order valence-corrected chi connectivity index (χ1v) is 11.3. The number of aromatic amines is 1. The van der Waals surface area contributed by atoms with Gasteiger partial charge in [-0.2, -0.15) is 0 Å². The molecule has 0 amide bonds. The Balaban J connectivity index is 1.40. The second kappa shape index (κ2) is 9.29. The molecule has 0 spiro atoms. The maximum absolute atomic E-state index is 12.9. The highest BCUT2D eigenvalue weighted by atomic mass is 32.1. The molecule has 0 bridgehead atoms. The summed E-state index contributed by atoms with van der Waals surface area (Å²) in [6, 6.07) is 13.1. The zero-order valence-corrected chi connectivity index (χ0v) is 19.1. The van der Waals surface area contributed by atoms with Crippen LogP contribution in [0.3, 0.4) is 0 Å². The zero-order valence-electron chi connectivity index (χ0n) is 18.3. The highest BCUT2D eigenvalue weighted by Gasteiger charge is 2.23. The van der Waals surface area contributed by atoms with E-state index in [-0.39, 0.29) is 18.5 Å². The lowest BCUT2D eigenvalue weighted by Gasteiger charge is -2.28. The van der Waals surface area contributed by atoms with Crippen molar-refractivity contribution < 1.29 is 18.9 Å². The molecule has 172 valence electrons. The molecular weight excluding hydrogens is 442 g/mol. The molecule has 5 rings (SSSR count). The molecule has 2 aliphatic rings. The van der Waals surface area contributed by atoms with E-state index in [1.807, 2.05) is 41.3 Å². The van der Waals surface area contributed by atoms with E-state index in [4.69, 9.17) is 31.2 Å². The van der Waals surface area contributed by atoms with Crippen LogP contribution in [0.25, 0.3) is 10.9 Å². The number of H-pyrrole nitrogens is 1. The molecule has 3 aromatic rings. The number of thiocarbonyl (C=S) groups is 1. The molecule has 2 aliphatic heterocycles. The molecule has 0 saturated carbocycles. The average molecular weight is 468 g/mol. The van der Waals surface area contributed by atoms with Gasteiger partial charge in [-0.15, -0.1) is 0 Å². The van der Waals surface area contributed by atoms with E-state index in [9.17, 15) is 4.79 Å². The lowest BCUT2D eigenvalue weighted by Crippen LogP contribution is -2.40. The molecule has 1 atom stereocenters. The SMILES string of the molecule is COc1ccc(NC(=S)N(Cc2cc3cc4c(cc3[nH]c2=O)OCO4)C[C@@H]2CCCO2)cc1. The quantitative estimate of drug-likeness (QED) is 0.532. The summed E-state index contributed by atoms with van der Waals surface area (Å²) in [6.07, 6.45) is 2.08. The number of nitrogens with one attached hydrogen (secondary N) is 2. The summed E-state index contributed by atoms with van der Waals surface area (Å²) in [5.41, 5.74) is 2.00. The van der Waals surface area contributed by atoms with E-state index < -0.39 is 0 Å². The predicted octanol–water partition coefficient (Wildman–Crippen LogP) is 3.64. The summed E-state index contributed by atoms with van der Waals surface area (Å²) in [5, 5.41) is 4.68. The van der Waals surface area contributed by atoms with Crippen molar-refractivity contribution in [2.45, 2.75) is 25.5 Å². The van der Waals surface area contributed by atoms with Crippen LogP contribution in [0.1, 0.15) is 18.4 Å². The second-order valence-electron chi connectivity index (χ2n) is 8.09. The number of fused-ring (bicyclic) bond motifs is 2. The molecule has 0 unspecified atom stereocenters. The van der Waals surface area contributed by atoms with Gasteiger partial charge in [-0.1, -0.05) is 0 Å². The topological polar surface area (TPSA) is 85.1 Å². The molecule has 2 aromatic carbocycles. The Bertz CT molecular complexity index is 1220. The van der Waals surface area contributed by atoms with Gasteiger partial charge in [0.05, 0.1) is 25.3 Å². The van der Waals surface area contributed by atoms with E-state index >= 15 is 0 Å². The maximum Gasteiger partial charge on any atom is 0.253 e. The molecule has 3 heterocycles. The van der Waals surface area contributed by atoms with Gasteiger partial charge in [-0.05, 0) is 61.5 Å². The van der Waals surface area contributed by atoms with Crippen molar-refractivity contribution in [2.75, 3.05) is 32.4 Å². The second-order valence-corrected chi connectivity index (χ2v) is 8.48. The lowest BCUT2D eigenvalue weighted by atomic mass is 10.1.